The van der Waals surface area contributed by atoms with Gasteiger partial charge in [-0.05, 0) is 32.7 Å². The van der Waals surface area contributed by atoms with E-state index < -0.39 is 17.5 Å². The summed E-state index contributed by atoms with van der Waals surface area (Å²) in [5.41, 5.74) is -0.499. The molecule has 2 amide bonds. The van der Waals surface area contributed by atoms with E-state index in [1.807, 2.05) is 6.92 Å². The molecule has 0 spiro atoms. The number of carbonyl (C=O) groups excluding carboxylic acids is 2. The zero-order valence-electron chi connectivity index (χ0n) is 12.7. The van der Waals surface area contributed by atoms with E-state index in [0.29, 0.717) is 19.5 Å². The zero-order valence-corrected chi connectivity index (χ0v) is 12.7. The highest BCUT2D eigenvalue weighted by atomic mass is 19.4. The van der Waals surface area contributed by atoms with E-state index in [-0.39, 0.29) is 25.5 Å². The maximum Gasteiger partial charge on any atom is 0.471 e. The monoisotopic (exact) mass is 321 g/mol. The van der Waals surface area contributed by atoms with E-state index in [1.54, 1.807) is 4.90 Å². The quantitative estimate of drug-likeness (QED) is 0.784. The van der Waals surface area contributed by atoms with Gasteiger partial charge in [-0.2, -0.15) is 13.2 Å². The summed E-state index contributed by atoms with van der Waals surface area (Å²) in [5, 5.41) is 3.20. The molecule has 0 bridgehead atoms. The van der Waals surface area contributed by atoms with Crippen LogP contribution in [0.3, 0.4) is 0 Å². The second kappa shape index (κ2) is 6.44. The van der Waals surface area contributed by atoms with E-state index in [2.05, 4.69) is 5.32 Å². The largest absolute Gasteiger partial charge is 0.471 e. The van der Waals surface area contributed by atoms with Gasteiger partial charge in [0.15, 0.2) is 0 Å². The van der Waals surface area contributed by atoms with Gasteiger partial charge in [0.1, 0.15) is 0 Å². The van der Waals surface area contributed by atoms with E-state index >= 15 is 0 Å². The third kappa shape index (κ3) is 3.71. The Bertz CT molecular complexity index is 434. The molecule has 2 heterocycles. The molecule has 0 unspecified atom stereocenters. The predicted molar refractivity (Wildman–Crippen MR) is 74.0 cm³/mol. The van der Waals surface area contributed by atoms with Crippen molar-refractivity contribution in [3.8, 4) is 0 Å². The summed E-state index contributed by atoms with van der Waals surface area (Å²) in [6, 6.07) is 0. The van der Waals surface area contributed by atoms with Gasteiger partial charge in [0, 0.05) is 32.7 Å². The third-order valence-electron chi connectivity index (χ3n) is 4.43. The van der Waals surface area contributed by atoms with Gasteiger partial charge in [-0.25, -0.2) is 0 Å². The van der Waals surface area contributed by atoms with E-state index in [4.69, 9.17) is 0 Å². The molecule has 2 fully saturated rings. The molecule has 0 aliphatic carbocycles. The summed E-state index contributed by atoms with van der Waals surface area (Å²) in [6.45, 7) is 3.91. The Morgan fingerprint density at radius 3 is 2.27 bits per heavy atom. The molecular formula is C14H22F3N3O2. The van der Waals surface area contributed by atoms with Crippen LogP contribution in [0.15, 0.2) is 0 Å². The van der Waals surface area contributed by atoms with Crippen molar-refractivity contribution in [2.75, 3.05) is 39.3 Å². The van der Waals surface area contributed by atoms with Gasteiger partial charge in [-0.15, -0.1) is 0 Å². The topological polar surface area (TPSA) is 52.7 Å². The Labute approximate surface area is 127 Å². The fourth-order valence-electron chi connectivity index (χ4n) is 3.12. The lowest BCUT2D eigenvalue weighted by Gasteiger charge is -2.37. The average Bonchev–Trinajstić information content (AvgIpc) is 2.71. The predicted octanol–water partition coefficient (Wildman–Crippen LogP) is 0.999. The van der Waals surface area contributed by atoms with Gasteiger partial charge >= 0.3 is 12.1 Å². The van der Waals surface area contributed by atoms with E-state index in [9.17, 15) is 22.8 Å². The summed E-state index contributed by atoms with van der Waals surface area (Å²) in [7, 11) is 0. The van der Waals surface area contributed by atoms with Crippen LogP contribution in [0, 0.1) is 5.41 Å². The number of halogens is 3. The van der Waals surface area contributed by atoms with Crippen molar-refractivity contribution in [2.45, 2.75) is 32.4 Å². The first-order valence-electron chi connectivity index (χ1n) is 7.60. The van der Waals surface area contributed by atoms with Crippen LogP contribution in [0.25, 0.3) is 0 Å². The second-order valence-corrected chi connectivity index (χ2v) is 6.28. The highest BCUT2D eigenvalue weighted by Crippen LogP contribution is 2.28. The normalized spacial score (nSPS) is 27.5. The molecule has 0 aromatic rings. The van der Waals surface area contributed by atoms with Crippen LogP contribution < -0.4 is 5.32 Å². The van der Waals surface area contributed by atoms with E-state index in [0.717, 1.165) is 24.3 Å². The average molecular weight is 321 g/mol. The molecular weight excluding hydrogens is 299 g/mol. The highest BCUT2D eigenvalue weighted by Gasteiger charge is 2.43. The molecule has 2 aliphatic rings. The number of piperidine rings is 1. The molecule has 2 saturated heterocycles. The number of nitrogens with zero attached hydrogens (tertiary/aromatic N) is 2. The molecule has 0 aromatic carbocycles. The molecule has 8 heteroatoms. The SMILES string of the molecule is C[C@@]1(C(=O)N2CCCN(C(=O)C(F)(F)F)CC2)CCCNC1. The summed E-state index contributed by atoms with van der Waals surface area (Å²) >= 11 is 0. The van der Waals surface area contributed by atoms with Crippen molar-refractivity contribution < 1.29 is 22.8 Å². The van der Waals surface area contributed by atoms with Crippen molar-refractivity contribution in [3.05, 3.63) is 0 Å². The highest BCUT2D eigenvalue weighted by molar-refractivity contribution is 5.84. The van der Waals surface area contributed by atoms with Crippen LogP contribution in [0.1, 0.15) is 26.2 Å². The van der Waals surface area contributed by atoms with Gasteiger partial charge in [0.05, 0.1) is 5.41 Å². The second-order valence-electron chi connectivity index (χ2n) is 6.28. The molecule has 126 valence electrons. The van der Waals surface area contributed by atoms with Crippen LogP contribution in [-0.4, -0.2) is 67.1 Å². The van der Waals surface area contributed by atoms with Crippen molar-refractivity contribution in [3.63, 3.8) is 0 Å². The Kier molecular flexibility index (Phi) is 4.99. The molecule has 2 aliphatic heterocycles. The van der Waals surface area contributed by atoms with Crippen LogP contribution in [0.4, 0.5) is 13.2 Å². The molecule has 0 radical (unpaired) electrons. The zero-order chi connectivity index (χ0) is 16.4. The molecule has 22 heavy (non-hydrogen) atoms. The maximum atomic E-state index is 12.7. The lowest BCUT2D eigenvalue weighted by molar-refractivity contribution is -0.185. The van der Waals surface area contributed by atoms with E-state index in [1.165, 1.54) is 0 Å². The van der Waals surface area contributed by atoms with Gasteiger partial charge in [0.25, 0.3) is 0 Å². The number of rotatable bonds is 1. The Balaban J connectivity index is 1.98. The molecule has 0 aromatic heterocycles. The van der Waals surface area contributed by atoms with Crippen LogP contribution in [0.2, 0.25) is 0 Å². The van der Waals surface area contributed by atoms with Gasteiger partial charge in [-0.1, -0.05) is 0 Å². The first-order valence-corrected chi connectivity index (χ1v) is 7.60. The van der Waals surface area contributed by atoms with Gasteiger partial charge in [0.2, 0.25) is 5.91 Å². The van der Waals surface area contributed by atoms with Crippen LogP contribution in [0.5, 0.6) is 0 Å². The van der Waals surface area contributed by atoms with Gasteiger partial charge in [-0.3, -0.25) is 9.59 Å². The number of hydrogen-bond donors (Lipinski definition) is 1. The number of carbonyl (C=O) groups is 2. The summed E-state index contributed by atoms with van der Waals surface area (Å²) in [5.74, 6) is -1.84. The lowest BCUT2D eigenvalue weighted by atomic mass is 9.81. The Morgan fingerprint density at radius 1 is 1.05 bits per heavy atom. The molecule has 2 rings (SSSR count). The first kappa shape index (κ1) is 17.1. The minimum absolute atomic E-state index is 0.0268. The maximum absolute atomic E-state index is 12.7. The van der Waals surface area contributed by atoms with Crippen LogP contribution >= 0.6 is 0 Å². The van der Waals surface area contributed by atoms with Crippen molar-refractivity contribution in [1.82, 2.24) is 15.1 Å². The van der Waals surface area contributed by atoms with Crippen molar-refractivity contribution >= 4 is 11.8 Å². The first-order chi connectivity index (χ1) is 10.2. The number of nitrogens with one attached hydrogen (secondary N) is 1. The Hall–Kier alpha value is -1.31. The number of alkyl halides is 3. The van der Waals surface area contributed by atoms with Crippen molar-refractivity contribution in [2.24, 2.45) is 5.41 Å². The minimum Gasteiger partial charge on any atom is -0.340 e. The van der Waals surface area contributed by atoms with Crippen LogP contribution in [-0.2, 0) is 9.59 Å². The summed E-state index contributed by atoms with van der Waals surface area (Å²) in [6.07, 6.45) is -2.79. The molecule has 1 N–H and O–H groups in total. The third-order valence-corrected chi connectivity index (χ3v) is 4.43. The minimum atomic E-state index is -4.85. The number of hydrogen-bond acceptors (Lipinski definition) is 3. The fourth-order valence-corrected chi connectivity index (χ4v) is 3.12. The summed E-state index contributed by atoms with van der Waals surface area (Å²) in [4.78, 5) is 26.4. The smallest absolute Gasteiger partial charge is 0.340 e. The van der Waals surface area contributed by atoms with Crippen molar-refractivity contribution in [1.29, 1.82) is 0 Å². The Morgan fingerprint density at radius 2 is 1.68 bits per heavy atom. The molecule has 5 nitrogen and oxygen atoms in total. The molecule has 1 atom stereocenters. The lowest BCUT2D eigenvalue weighted by Crippen LogP contribution is -2.51. The van der Waals surface area contributed by atoms with Gasteiger partial charge < -0.3 is 15.1 Å². The standard InChI is InChI=1S/C14H22F3N3O2/c1-13(4-2-5-18-10-13)11(21)19-6-3-7-20(9-8-19)12(22)14(15,16)17/h18H,2-10H2,1H3/t13-/m1/s1. The number of amides is 2. The summed E-state index contributed by atoms with van der Waals surface area (Å²) < 4.78 is 37.5. The fraction of sp³-hybridized carbons (Fsp3) is 0.857. The molecule has 0 saturated carbocycles.